The highest BCUT2D eigenvalue weighted by atomic mass is 14.2. The molecule has 0 radical (unpaired) electrons. The van der Waals surface area contributed by atoms with Gasteiger partial charge in [-0.2, -0.15) is 0 Å². The van der Waals surface area contributed by atoms with E-state index in [-0.39, 0.29) is 0 Å². The van der Waals surface area contributed by atoms with Crippen LogP contribution in [-0.2, 0) is 12.8 Å². The van der Waals surface area contributed by atoms with E-state index in [2.05, 4.69) is 69.3 Å². The Balaban J connectivity index is 2.47. The first kappa shape index (κ1) is 14.8. The molecule has 0 aliphatic heterocycles. The molecule has 0 heteroatoms. The lowest BCUT2D eigenvalue weighted by atomic mass is 9.88. The summed E-state index contributed by atoms with van der Waals surface area (Å²) in [5, 5.41) is 0. The molecule has 0 N–H and O–H groups in total. The van der Waals surface area contributed by atoms with Crippen LogP contribution in [0.2, 0.25) is 0 Å². The molecule has 0 bridgehead atoms. The maximum absolute atomic E-state index is 2.31. The van der Waals surface area contributed by atoms with Crippen LogP contribution in [0.4, 0.5) is 0 Å². The zero-order valence-electron chi connectivity index (χ0n) is 13.0. The zero-order valence-corrected chi connectivity index (χ0v) is 13.0. The molecule has 0 atom stereocenters. The van der Waals surface area contributed by atoms with Crippen LogP contribution in [-0.4, -0.2) is 0 Å². The van der Waals surface area contributed by atoms with Gasteiger partial charge in [0.1, 0.15) is 0 Å². The molecule has 0 saturated heterocycles. The first-order valence-electron chi connectivity index (χ1n) is 7.88. The fourth-order valence-electron chi connectivity index (χ4n) is 2.81. The third kappa shape index (κ3) is 3.72. The summed E-state index contributed by atoms with van der Waals surface area (Å²) in [6, 6.07) is 17.7. The summed E-state index contributed by atoms with van der Waals surface area (Å²) in [5.41, 5.74) is 5.86. The summed E-state index contributed by atoms with van der Waals surface area (Å²) in [6.45, 7) is 6.86. The van der Waals surface area contributed by atoms with E-state index in [1.54, 1.807) is 0 Å². The highest BCUT2D eigenvalue weighted by Crippen LogP contribution is 2.30. The number of hydrogen-bond donors (Lipinski definition) is 0. The van der Waals surface area contributed by atoms with E-state index in [0.29, 0.717) is 5.92 Å². The molecule has 0 saturated carbocycles. The Labute approximate surface area is 123 Å². The standard InChI is InChI=1S/C20H26/c1-4-5-10-17-13-9-14-19(15-16(2)3)20(17)18-11-7-6-8-12-18/h6-9,11-14,16H,4-5,10,15H2,1-3H3. The highest BCUT2D eigenvalue weighted by Gasteiger charge is 2.11. The Morgan fingerprint density at radius 2 is 1.55 bits per heavy atom. The van der Waals surface area contributed by atoms with E-state index in [0.717, 1.165) is 6.42 Å². The van der Waals surface area contributed by atoms with E-state index >= 15 is 0 Å². The molecule has 2 aromatic carbocycles. The molecule has 0 aromatic heterocycles. The predicted octanol–water partition coefficient (Wildman–Crippen LogP) is 5.89. The lowest BCUT2D eigenvalue weighted by Gasteiger charge is -2.16. The average Bonchev–Trinajstić information content (AvgIpc) is 2.45. The van der Waals surface area contributed by atoms with Crippen molar-refractivity contribution in [2.24, 2.45) is 5.92 Å². The lowest BCUT2D eigenvalue weighted by molar-refractivity contribution is 0.647. The number of hydrogen-bond acceptors (Lipinski definition) is 0. The third-order valence-electron chi connectivity index (χ3n) is 3.73. The molecule has 106 valence electrons. The van der Waals surface area contributed by atoms with Gasteiger partial charge >= 0.3 is 0 Å². The van der Waals surface area contributed by atoms with Gasteiger partial charge in [0.2, 0.25) is 0 Å². The minimum absolute atomic E-state index is 0.693. The summed E-state index contributed by atoms with van der Waals surface area (Å²) in [4.78, 5) is 0. The molecular formula is C20H26. The second-order valence-corrected chi connectivity index (χ2v) is 6.02. The van der Waals surface area contributed by atoms with Crippen LogP contribution in [0.25, 0.3) is 11.1 Å². The van der Waals surface area contributed by atoms with Crippen LogP contribution in [0.5, 0.6) is 0 Å². The normalized spacial score (nSPS) is 11.0. The fraction of sp³-hybridized carbons (Fsp3) is 0.400. The van der Waals surface area contributed by atoms with Gasteiger partial charge < -0.3 is 0 Å². The number of benzene rings is 2. The van der Waals surface area contributed by atoms with Crippen LogP contribution in [0.15, 0.2) is 48.5 Å². The predicted molar refractivity (Wildman–Crippen MR) is 89.0 cm³/mol. The first-order valence-corrected chi connectivity index (χ1v) is 7.88. The zero-order chi connectivity index (χ0) is 14.4. The molecule has 0 aliphatic carbocycles. The van der Waals surface area contributed by atoms with Gasteiger partial charge in [-0.05, 0) is 47.4 Å². The largest absolute Gasteiger partial charge is 0.0654 e. The van der Waals surface area contributed by atoms with Gasteiger partial charge in [0.05, 0.1) is 0 Å². The molecule has 0 nitrogen and oxygen atoms in total. The SMILES string of the molecule is CCCCc1cccc(CC(C)C)c1-c1ccccc1. The Hall–Kier alpha value is -1.56. The van der Waals surface area contributed by atoms with Crippen molar-refractivity contribution < 1.29 is 0 Å². The minimum Gasteiger partial charge on any atom is -0.0654 e. The van der Waals surface area contributed by atoms with E-state index in [9.17, 15) is 0 Å². The van der Waals surface area contributed by atoms with Gasteiger partial charge in [-0.1, -0.05) is 75.7 Å². The number of rotatable bonds is 6. The van der Waals surface area contributed by atoms with Crippen molar-refractivity contribution >= 4 is 0 Å². The van der Waals surface area contributed by atoms with Crippen molar-refractivity contribution in [1.82, 2.24) is 0 Å². The van der Waals surface area contributed by atoms with Gasteiger partial charge in [0.15, 0.2) is 0 Å². The fourth-order valence-corrected chi connectivity index (χ4v) is 2.81. The number of aryl methyl sites for hydroxylation is 1. The van der Waals surface area contributed by atoms with Crippen molar-refractivity contribution in [3.8, 4) is 11.1 Å². The minimum atomic E-state index is 0.693. The smallest absolute Gasteiger partial charge is 0.0120 e. The molecule has 2 rings (SSSR count). The van der Waals surface area contributed by atoms with Crippen LogP contribution < -0.4 is 0 Å². The Morgan fingerprint density at radius 3 is 2.20 bits per heavy atom. The van der Waals surface area contributed by atoms with Gasteiger partial charge in [0.25, 0.3) is 0 Å². The maximum Gasteiger partial charge on any atom is -0.0120 e. The molecule has 0 unspecified atom stereocenters. The van der Waals surface area contributed by atoms with Crippen LogP contribution in [0.3, 0.4) is 0 Å². The van der Waals surface area contributed by atoms with Crippen molar-refractivity contribution in [3.63, 3.8) is 0 Å². The van der Waals surface area contributed by atoms with Gasteiger partial charge in [0, 0.05) is 0 Å². The third-order valence-corrected chi connectivity index (χ3v) is 3.73. The Bertz CT molecular complexity index is 523. The van der Waals surface area contributed by atoms with Crippen LogP contribution >= 0.6 is 0 Å². The summed E-state index contributed by atoms with van der Waals surface area (Å²) in [7, 11) is 0. The summed E-state index contributed by atoms with van der Waals surface area (Å²) < 4.78 is 0. The molecule has 2 aromatic rings. The molecule has 0 fully saturated rings. The van der Waals surface area contributed by atoms with E-state index in [1.807, 2.05) is 0 Å². The summed E-state index contributed by atoms with van der Waals surface area (Å²) in [6.07, 6.45) is 4.87. The van der Waals surface area contributed by atoms with Crippen LogP contribution in [0.1, 0.15) is 44.7 Å². The van der Waals surface area contributed by atoms with E-state index in [4.69, 9.17) is 0 Å². The number of unbranched alkanes of at least 4 members (excludes halogenated alkanes) is 1. The van der Waals surface area contributed by atoms with Crippen molar-refractivity contribution in [2.45, 2.75) is 46.5 Å². The molecule has 0 amide bonds. The molecule has 0 spiro atoms. The summed E-state index contributed by atoms with van der Waals surface area (Å²) >= 11 is 0. The first-order chi connectivity index (χ1) is 9.72. The van der Waals surface area contributed by atoms with Crippen LogP contribution in [0, 0.1) is 5.92 Å². The topological polar surface area (TPSA) is 0 Å². The van der Waals surface area contributed by atoms with E-state index in [1.165, 1.54) is 41.5 Å². The molecule has 0 heterocycles. The molecule has 0 aliphatic rings. The Kier molecular flexibility index (Phi) is 5.40. The van der Waals surface area contributed by atoms with Crippen molar-refractivity contribution in [2.75, 3.05) is 0 Å². The Morgan fingerprint density at radius 1 is 0.850 bits per heavy atom. The monoisotopic (exact) mass is 266 g/mol. The quantitative estimate of drug-likeness (QED) is 0.611. The highest BCUT2D eigenvalue weighted by molar-refractivity contribution is 5.71. The molecular weight excluding hydrogens is 240 g/mol. The second kappa shape index (κ2) is 7.28. The van der Waals surface area contributed by atoms with Crippen molar-refractivity contribution in [1.29, 1.82) is 0 Å². The summed E-state index contributed by atoms with van der Waals surface area (Å²) in [5.74, 6) is 0.693. The second-order valence-electron chi connectivity index (χ2n) is 6.02. The van der Waals surface area contributed by atoms with Gasteiger partial charge in [-0.25, -0.2) is 0 Å². The average molecular weight is 266 g/mol. The van der Waals surface area contributed by atoms with Gasteiger partial charge in [-0.15, -0.1) is 0 Å². The maximum atomic E-state index is 2.31. The lowest BCUT2D eigenvalue weighted by Crippen LogP contribution is -2.00. The van der Waals surface area contributed by atoms with Crippen molar-refractivity contribution in [3.05, 3.63) is 59.7 Å². The van der Waals surface area contributed by atoms with Gasteiger partial charge in [-0.3, -0.25) is 0 Å². The molecule has 20 heavy (non-hydrogen) atoms. The van der Waals surface area contributed by atoms with E-state index < -0.39 is 0 Å².